The lowest BCUT2D eigenvalue weighted by molar-refractivity contribution is -0.0897. The van der Waals surface area contributed by atoms with E-state index in [1.54, 1.807) is 6.92 Å². The van der Waals surface area contributed by atoms with Crippen LogP contribution in [0.4, 0.5) is 14.7 Å². The molecule has 1 amide bonds. The average molecular weight is 473 g/mol. The van der Waals surface area contributed by atoms with Gasteiger partial charge in [-0.2, -0.15) is 20.3 Å². The Morgan fingerprint density at radius 1 is 1.30 bits per heavy atom. The largest absolute Gasteiger partial charge is 0.352 e. The zero-order valence-electron chi connectivity index (χ0n) is 17.5. The predicted octanol–water partition coefficient (Wildman–Crippen LogP) is 3.18. The number of carbonyl (C=O) groups is 1. The number of halogens is 3. The molecule has 170 valence electrons. The van der Waals surface area contributed by atoms with Crippen molar-refractivity contribution in [3.63, 3.8) is 0 Å². The number of amides is 1. The number of anilines is 1. The lowest BCUT2D eigenvalue weighted by atomic mass is 9.87. The molecule has 0 saturated carbocycles. The fourth-order valence-electron chi connectivity index (χ4n) is 3.92. The number of nitrogens with zero attached hydrogens (tertiary/aromatic N) is 7. The molecule has 33 heavy (non-hydrogen) atoms. The van der Waals surface area contributed by atoms with E-state index in [1.807, 2.05) is 6.07 Å². The molecule has 1 aliphatic rings. The normalized spacial score (nSPS) is 19.7. The van der Waals surface area contributed by atoms with Gasteiger partial charge in [-0.25, -0.2) is 18.7 Å². The van der Waals surface area contributed by atoms with Crippen LogP contribution in [0.5, 0.6) is 0 Å². The van der Waals surface area contributed by atoms with E-state index in [0.29, 0.717) is 10.7 Å². The standard InChI is InChI=1S/C21H19ClF2N8O/c1-13-7-21(23,24)12-31(18(13)11-28-20-26-9-15(22)10-27-20)19(33)16-6-14(8-25)2-3-17(16)32-29-4-5-30-32/h2-6,9-10,13,18H,7,11-12H2,1H3,(H,26,27,28)/t13-,18?/m1/s1. The molecule has 1 unspecified atom stereocenters. The van der Waals surface area contributed by atoms with Crippen LogP contribution in [0.15, 0.2) is 43.0 Å². The molecule has 0 spiro atoms. The number of hydrogen-bond acceptors (Lipinski definition) is 7. The van der Waals surface area contributed by atoms with Gasteiger partial charge in [-0.05, 0) is 24.1 Å². The third kappa shape index (κ3) is 4.90. The average Bonchev–Trinajstić information content (AvgIpc) is 3.32. The molecule has 0 aliphatic carbocycles. The number of carbonyl (C=O) groups excluding carboxylic acids is 1. The van der Waals surface area contributed by atoms with Crippen LogP contribution in [0.1, 0.15) is 29.3 Å². The molecule has 0 bridgehead atoms. The monoisotopic (exact) mass is 472 g/mol. The van der Waals surface area contributed by atoms with Crippen molar-refractivity contribution >= 4 is 23.5 Å². The molecule has 0 radical (unpaired) electrons. The summed E-state index contributed by atoms with van der Waals surface area (Å²) in [6.45, 7) is 1.06. The summed E-state index contributed by atoms with van der Waals surface area (Å²) in [4.78, 5) is 24.1. The smallest absolute Gasteiger partial charge is 0.265 e. The molecule has 1 fully saturated rings. The van der Waals surface area contributed by atoms with Crippen LogP contribution in [-0.4, -0.2) is 60.8 Å². The van der Waals surface area contributed by atoms with Gasteiger partial charge >= 0.3 is 0 Å². The minimum atomic E-state index is -3.06. The second-order valence-electron chi connectivity index (χ2n) is 7.81. The van der Waals surface area contributed by atoms with Crippen molar-refractivity contribution in [3.8, 4) is 11.8 Å². The van der Waals surface area contributed by atoms with Gasteiger partial charge in [-0.3, -0.25) is 4.79 Å². The lowest BCUT2D eigenvalue weighted by Gasteiger charge is -2.43. The molecule has 1 aromatic carbocycles. The summed E-state index contributed by atoms with van der Waals surface area (Å²) in [5.74, 6) is -3.96. The summed E-state index contributed by atoms with van der Waals surface area (Å²) < 4.78 is 29.1. The highest BCUT2D eigenvalue weighted by Gasteiger charge is 2.46. The van der Waals surface area contributed by atoms with Crippen LogP contribution >= 0.6 is 11.6 Å². The van der Waals surface area contributed by atoms with Crippen molar-refractivity contribution in [2.45, 2.75) is 25.3 Å². The van der Waals surface area contributed by atoms with Crippen LogP contribution < -0.4 is 5.32 Å². The third-order valence-electron chi connectivity index (χ3n) is 5.42. The van der Waals surface area contributed by atoms with E-state index in [0.717, 1.165) is 4.90 Å². The SMILES string of the molecule is C[C@@H]1CC(F)(F)CN(C(=O)c2cc(C#N)ccc2-n2nccn2)C1CNc1ncc(Cl)cn1. The van der Waals surface area contributed by atoms with Crippen molar-refractivity contribution in [2.24, 2.45) is 5.92 Å². The van der Waals surface area contributed by atoms with Gasteiger partial charge < -0.3 is 10.2 Å². The molecule has 2 atom stereocenters. The zero-order chi connectivity index (χ0) is 23.6. The summed E-state index contributed by atoms with van der Waals surface area (Å²) in [5, 5.41) is 20.8. The summed E-state index contributed by atoms with van der Waals surface area (Å²) >= 11 is 5.81. The summed E-state index contributed by atoms with van der Waals surface area (Å²) in [5.41, 5.74) is 0.566. The first-order chi connectivity index (χ1) is 15.8. The Balaban J connectivity index is 1.68. The molecule has 3 aromatic rings. The van der Waals surface area contributed by atoms with Gasteiger partial charge in [0.15, 0.2) is 0 Å². The quantitative estimate of drug-likeness (QED) is 0.606. The number of rotatable bonds is 5. The minimum absolute atomic E-state index is 0.0582. The predicted molar refractivity (Wildman–Crippen MR) is 115 cm³/mol. The number of likely N-dealkylation sites (tertiary alicyclic amines) is 1. The van der Waals surface area contributed by atoms with E-state index < -0.39 is 30.3 Å². The van der Waals surface area contributed by atoms with Gasteiger partial charge in [0.25, 0.3) is 11.8 Å². The maximum absolute atomic E-state index is 14.5. The number of piperidine rings is 1. The van der Waals surface area contributed by atoms with Crippen LogP contribution in [0, 0.1) is 17.2 Å². The Morgan fingerprint density at radius 2 is 2.00 bits per heavy atom. The number of nitrogens with one attached hydrogen (secondary N) is 1. The van der Waals surface area contributed by atoms with Crippen molar-refractivity contribution in [3.05, 3.63) is 59.1 Å². The van der Waals surface area contributed by atoms with Crippen molar-refractivity contribution < 1.29 is 13.6 Å². The Labute approximate surface area is 193 Å². The van der Waals surface area contributed by atoms with Gasteiger partial charge in [0.1, 0.15) is 0 Å². The highest BCUT2D eigenvalue weighted by atomic mass is 35.5. The fraction of sp³-hybridized carbons (Fsp3) is 0.333. The molecule has 3 heterocycles. The maximum Gasteiger partial charge on any atom is 0.265 e. The van der Waals surface area contributed by atoms with Crippen LogP contribution in [0.3, 0.4) is 0 Å². The molecule has 1 aliphatic heterocycles. The van der Waals surface area contributed by atoms with Gasteiger partial charge in [0.2, 0.25) is 5.95 Å². The van der Waals surface area contributed by atoms with Crippen molar-refractivity contribution in [1.82, 2.24) is 29.9 Å². The van der Waals surface area contributed by atoms with Crippen LogP contribution in [0.25, 0.3) is 5.69 Å². The van der Waals surface area contributed by atoms with Crippen molar-refractivity contribution in [2.75, 3.05) is 18.4 Å². The molecule has 2 aromatic heterocycles. The topological polar surface area (TPSA) is 113 Å². The molecular formula is C21H19ClF2N8O. The van der Waals surface area contributed by atoms with E-state index >= 15 is 0 Å². The number of alkyl halides is 2. The summed E-state index contributed by atoms with van der Waals surface area (Å²) in [6.07, 6.45) is 5.32. The van der Waals surface area contributed by atoms with E-state index in [2.05, 4.69) is 25.5 Å². The molecule has 9 nitrogen and oxygen atoms in total. The van der Waals surface area contributed by atoms with E-state index in [1.165, 1.54) is 47.8 Å². The van der Waals surface area contributed by atoms with E-state index in [9.17, 15) is 18.8 Å². The first kappa shape index (κ1) is 22.5. The number of nitriles is 1. The lowest BCUT2D eigenvalue weighted by Crippen LogP contribution is -2.57. The van der Waals surface area contributed by atoms with E-state index in [4.69, 9.17) is 11.6 Å². The minimum Gasteiger partial charge on any atom is -0.352 e. The van der Waals surface area contributed by atoms with Gasteiger partial charge in [-0.15, -0.1) is 0 Å². The number of hydrogen-bond donors (Lipinski definition) is 1. The first-order valence-electron chi connectivity index (χ1n) is 10.1. The van der Waals surface area contributed by atoms with Crippen LogP contribution in [-0.2, 0) is 0 Å². The number of benzene rings is 1. The van der Waals surface area contributed by atoms with Crippen LogP contribution in [0.2, 0.25) is 5.02 Å². The summed E-state index contributed by atoms with van der Waals surface area (Å²) in [6, 6.07) is 5.79. The molecule has 1 saturated heterocycles. The molecule has 4 rings (SSSR count). The van der Waals surface area contributed by atoms with E-state index in [-0.39, 0.29) is 30.0 Å². The Hall–Kier alpha value is -3.65. The second kappa shape index (κ2) is 9.07. The Bertz CT molecular complexity index is 1180. The third-order valence-corrected chi connectivity index (χ3v) is 5.62. The zero-order valence-corrected chi connectivity index (χ0v) is 18.2. The fourth-order valence-corrected chi connectivity index (χ4v) is 4.02. The highest BCUT2D eigenvalue weighted by molar-refractivity contribution is 6.30. The van der Waals surface area contributed by atoms with Gasteiger partial charge in [-0.1, -0.05) is 18.5 Å². The molecule has 1 N–H and O–H groups in total. The Morgan fingerprint density at radius 3 is 2.67 bits per heavy atom. The second-order valence-corrected chi connectivity index (χ2v) is 8.24. The van der Waals surface area contributed by atoms with Crippen molar-refractivity contribution in [1.29, 1.82) is 5.26 Å². The maximum atomic E-state index is 14.5. The molecular weight excluding hydrogens is 454 g/mol. The number of aromatic nitrogens is 5. The van der Waals surface area contributed by atoms with Gasteiger partial charge in [0.05, 0.1) is 65.3 Å². The molecule has 12 heteroatoms. The van der Waals surface area contributed by atoms with Gasteiger partial charge in [0, 0.05) is 13.0 Å². The Kier molecular flexibility index (Phi) is 6.20. The summed E-state index contributed by atoms with van der Waals surface area (Å²) in [7, 11) is 0. The first-order valence-corrected chi connectivity index (χ1v) is 10.5. The highest BCUT2D eigenvalue weighted by Crippen LogP contribution is 2.35.